The van der Waals surface area contributed by atoms with E-state index in [0.29, 0.717) is 10.5 Å². The van der Waals surface area contributed by atoms with Crippen LogP contribution < -0.4 is 0 Å². The molecule has 0 fully saturated rings. The molecule has 1 heterocycles. The average molecular weight is 257 g/mol. The highest BCUT2D eigenvalue weighted by Gasteiger charge is 2.42. The number of halogens is 3. The smallest absolute Gasteiger partial charge is 0.329 e. The molecule has 0 aliphatic heterocycles. The Morgan fingerprint density at radius 1 is 1.50 bits per heavy atom. The first-order valence-corrected chi connectivity index (χ1v) is 5.07. The summed E-state index contributed by atoms with van der Waals surface area (Å²) in [4.78, 5) is 15.5. The minimum absolute atomic E-state index is 0.151. The summed E-state index contributed by atoms with van der Waals surface area (Å²) in [6, 6.07) is 4.84. The molecule has 0 saturated carbocycles. The second-order valence-corrected chi connectivity index (χ2v) is 3.49. The zero-order valence-corrected chi connectivity index (χ0v) is 9.31. The van der Waals surface area contributed by atoms with E-state index in [-0.39, 0.29) is 19.5 Å². The molecule has 0 aromatic carbocycles. The number of amides is 1. The Labute approximate surface area is 102 Å². The van der Waals surface area contributed by atoms with Crippen molar-refractivity contribution in [2.24, 2.45) is 0 Å². The predicted molar refractivity (Wildman–Crippen MR) is 55.9 cm³/mol. The van der Waals surface area contributed by atoms with E-state index in [1.165, 1.54) is 12.4 Å². The second kappa shape index (κ2) is 6.00. The third kappa shape index (κ3) is 4.05. The van der Waals surface area contributed by atoms with Crippen LogP contribution in [0.15, 0.2) is 24.5 Å². The van der Waals surface area contributed by atoms with Crippen LogP contribution in [0, 0.1) is 11.3 Å². The fourth-order valence-electron chi connectivity index (χ4n) is 1.33. The molecule has 0 unspecified atom stereocenters. The molecule has 1 aromatic heterocycles. The zero-order chi connectivity index (χ0) is 13.6. The van der Waals surface area contributed by atoms with Gasteiger partial charge in [0.2, 0.25) is 0 Å². The van der Waals surface area contributed by atoms with Crippen LogP contribution in [0.1, 0.15) is 12.0 Å². The molecule has 0 radical (unpaired) electrons. The number of hydrogen-bond acceptors (Lipinski definition) is 3. The molecule has 0 aliphatic rings. The number of pyridine rings is 1. The lowest BCUT2D eigenvalue weighted by Crippen LogP contribution is -2.41. The number of hydrogen-bond donors (Lipinski definition) is 0. The van der Waals surface area contributed by atoms with Crippen molar-refractivity contribution in [2.45, 2.75) is 19.1 Å². The molecule has 1 rings (SSSR count). The molecule has 1 amide bonds. The van der Waals surface area contributed by atoms with Crippen LogP contribution in [0.5, 0.6) is 0 Å². The normalized spacial score (nSPS) is 10.8. The average Bonchev–Trinajstić information content (AvgIpc) is 2.33. The van der Waals surface area contributed by atoms with Gasteiger partial charge in [-0.05, 0) is 11.6 Å². The van der Waals surface area contributed by atoms with Crippen molar-refractivity contribution in [3.05, 3.63) is 30.1 Å². The SMILES string of the molecule is N#CCCN(Cc1cccnc1)C(=O)C(F)(F)F. The van der Waals surface area contributed by atoms with Crippen molar-refractivity contribution in [3.8, 4) is 6.07 Å². The van der Waals surface area contributed by atoms with Gasteiger partial charge in [-0.1, -0.05) is 6.07 Å². The van der Waals surface area contributed by atoms with E-state index in [9.17, 15) is 18.0 Å². The molecule has 7 heteroatoms. The van der Waals surface area contributed by atoms with Crippen molar-refractivity contribution < 1.29 is 18.0 Å². The minimum Gasteiger partial charge on any atom is -0.329 e. The highest BCUT2D eigenvalue weighted by atomic mass is 19.4. The minimum atomic E-state index is -4.93. The van der Waals surface area contributed by atoms with Crippen LogP contribution in [-0.4, -0.2) is 28.5 Å². The Morgan fingerprint density at radius 2 is 2.22 bits per heavy atom. The zero-order valence-electron chi connectivity index (χ0n) is 9.31. The summed E-state index contributed by atoms with van der Waals surface area (Å²) in [6.45, 7) is -0.475. The Hall–Kier alpha value is -2.10. The molecular formula is C11H10F3N3O. The largest absolute Gasteiger partial charge is 0.471 e. The summed E-state index contributed by atoms with van der Waals surface area (Å²) in [5.41, 5.74) is 0.480. The standard InChI is InChI=1S/C11H10F3N3O/c12-11(13,14)10(18)17(6-2-4-15)8-9-3-1-5-16-7-9/h1,3,5,7H,2,6,8H2. The first kappa shape index (κ1) is 14.0. The van der Waals surface area contributed by atoms with Gasteiger partial charge in [0.15, 0.2) is 0 Å². The molecule has 18 heavy (non-hydrogen) atoms. The number of aromatic nitrogens is 1. The molecular weight excluding hydrogens is 247 g/mol. The van der Waals surface area contributed by atoms with Crippen LogP contribution in [0.25, 0.3) is 0 Å². The van der Waals surface area contributed by atoms with Crippen LogP contribution in [0.4, 0.5) is 13.2 Å². The third-order valence-corrected chi connectivity index (χ3v) is 2.12. The van der Waals surface area contributed by atoms with E-state index < -0.39 is 12.1 Å². The monoisotopic (exact) mass is 257 g/mol. The highest BCUT2D eigenvalue weighted by molar-refractivity contribution is 5.81. The summed E-state index contributed by atoms with van der Waals surface area (Å²) in [6.07, 6.45) is -2.22. The van der Waals surface area contributed by atoms with Crippen molar-refractivity contribution in [2.75, 3.05) is 6.54 Å². The highest BCUT2D eigenvalue weighted by Crippen LogP contribution is 2.20. The van der Waals surface area contributed by atoms with E-state index in [1.54, 1.807) is 18.2 Å². The number of carbonyl (C=O) groups is 1. The fraction of sp³-hybridized carbons (Fsp3) is 0.364. The van der Waals surface area contributed by atoms with Gasteiger partial charge in [0.25, 0.3) is 0 Å². The van der Waals surface area contributed by atoms with E-state index in [4.69, 9.17) is 5.26 Å². The third-order valence-electron chi connectivity index (χ3n) is 2.12. The quantitative estimate of drug-likeness (QED) is 0.827. The number of carbonyl (C=O) groups excluding carboxylic acids is 1. The number of nitrogens with zero attached hydrogens (tertiary/aromatic N) is 3. The predicted octanol–water partition coefficient (Wildman–Crippen LogP) is 1.89. The first-order chi connectivity index (χ1) is 8.45. The summed E-state index contributed by atoms with van der Waals surface area (Å²) >= 11 is 0. The van der Waals surface area contributed by atoms with Gasteiger partial charge in [-0.25, -0.2) is 0 Å². The summed E-state index contributed by atoms with van der Waals surface area (Å²) in [5.74, 6) is -1.94. The van der Waals surface area contributed by atoms with Crippen LogP contribution in [0.3, 0.4) is 0 Å². The van der Waals surface area contributed by atoms with Crippen molar-refractivity contribution >= 4 is 5.91 Å². The number of nitriles is 1. The maximum absolute atomic E-state index is 12.3. The number of alkyl halides is 3. The van der Waals surface area contributed by atoms with Crippen molar-refractivity contribution in [3.63, 3.8) is 0 Å². The molecule has 0 spiro atoms. The summed E-state index contributed by atoms with van der Waals surface area (Å²) < 4.78 is 37.0. The Bertz CT molecular complexity index is 439. The lowest BCUT2D eigenvalue weighted by atomic mass is 10.2. The number of rotatable bonds is 4. The van der Waals surface area contributed by atoms with Gasteiger partial charge in [-0.2, -0.15) is 18.4 Å². The Morgan fingerprint density at radius 3 is 2.72 bits per heavy atom. The van der Waals surface area contributed by atoms with E-state index in [0.717, 1.165) is 0 Å². The molecule has 0 aliphatic carbocycles. The van der Waals surface area contributed by atoms with E-state index in [1.807, 2.05) is 0 Å². The molecule has 0 saturated heterocycles. The molecule has 0 bridgehead atoms. The molecule has 0 atom stereocenters. The van der Waals surface area contributed by atoms with Crippen LogP contribution >= 0.6 is 0 Å². The van der Waals surface area contributed by atoms with Gasteiger partial charge >= 0.3 is 12.1 Å². The first-order valence-electron chi connectivity index (χ1n) is 5.07. The molecule has 0 N–H and O–H groups in total. The Balaban J connectivity index is 2.80. The van der Waals surface area contributed by atoms with Gasteiger partial charge in [0.1, 0.15) is 0 Å². The van der Waals surface area contributed by atoms with Gasteiger partial charge in [-0.15, -0.1) is 0 Å². The van der Waals surface area contributed by atoms with Crippen LogP contribution in [0.2, 0.25) is 0 Å². The molecule has 96 valence electrons. The summed E-state index contributed by atoms with van der Waals surface area (Å²) in [5, 5.41) is 8.38. The van der Waals surface area contributed by atoms with Crippen molar-refractivity contribution in [1.82, 2.24) is 9.88 Å². The Kier molecular flexibility index (Phi) is 4.66. The van der Waals surface area contributed by atoms with Gasteiger partial charge in [0.05, 0.1) is 12.5 Å². The van der Waals surface area contributed by atoms with Crippen molar-refractivity contribution in [1.29, 1.82) is 5.26 Å². The van der Waals surface area contributed by atoms with E-state index in [2.05, 4.69) is 4.98 Å². The maximum Gasteiger partial charge on any atom is 0.471 e. The van der Waals surface area contributed by atoms with Gasteiger partial charge in [-0.3, -0.25) is 9.78 Å². The van der Waals surface area contributed by atoms with Gasteiger partial charge in [0, 0.05) is 25.5 Å². The second-order valence-electron chi connectivity index (χ2n) is 3.49. The maximum atomic E-state index is 12.3. The fourth-order valence-corrected chi connectivity index (χ4v) is 1.33. The van der Waals surface area contributed by atoms with E-state index >= 15 is 0 Å². The molecule has 1 aromatic rings. The topological polar surface area (TPSA) is 57.0 Å². The van der Waals surface area contributed by atoms with Gasteiger partial charge < -0.3 is 4.90 Å². The lowest BCUT2D eigenvalue weighted by molar-refractivity contribution is -0.186. The lowest BCUT2D eigenvalue weighted by Gasteiger charge is -2.22. The van der Waals surface area contributed by atoms with Crippen LogP contribution in [-0.2, 0) is 11.3 Å². The molecule has 4 nitrogen and oxygen atoms in total. The summed E-state index contributed by atoms with van der Waals surface area (Å²) in [7, 11) is 0.